The van der Waals surface area contributed by atoms with Crippen LogP contribution in [-0.2, 0) is 9.47 Å². The SMILES string of the molecule is C=C1[C@H]2CC[C@]3([C@@H](C2)[C@@]24CCC[C@@]5(C)[C@@H]6OCCN6[C@@H]2O[C@@H]3C[C@H]54)[C@H]1O. The summed E-state index contributed by atoms with van der Waals surface area (Å²) in [6, 6.07) is 0. The fraction of sp³-hybridized carbons (Fsp3) is 0.909. The van der Waals surface area contributed by atoms with Crippen molar-refractivity contribution in [3.05, 3.63) is 12.2 Å². The maximum absolute atomic E-state index is 11.4. The normalized spacial score (nSPS) is 65.2. The first kappa shape index (κ1) is 15.5. The molecule has 9 aliphatic rings. The van der Waals surface area contributed by atoms with Crippen LogP contribution in [0.3, 0.4) is 0 Å². The lowest BCUT2D eigenvalue weighted by molar-refractivity contribution is -0.422. The Kier molecular flexibility index (Phi) is 2.64. The predicted molar refractivity (Wildman–Crippen MR) is 96.0 cm³/mol. The van der Waals surface area contributed by atoms with E-state index in [1.54, 1.807) is 0 Å². The molecule has 0 aromatic rings. The second-order valence-corrected chi connectivity index (χ2v) is 10.8. The molecule has 142 valence electrons. The van der Waals surface area contributed by atoms with Gasteiger partial charge in [-0.05, 0) is 61.9 Å². The third-order valence-corrected chi connectivity index (χ3v) is 10.5. The van der Waals surface area contributed by atoms with Gasteiger partial charge in [0, 0.05) is 22.8 Å². The number of piperidine rings is 1. The molecule has 4 heterocycles. The van der Waals surface area contributed by atoms with Crippen molar-refractivity contribution in [3.8, 4) is 0 Å². The lowest BCUT2D eigenvalue weighted by Crippen LogP contribution is -2.83. The molecule has 7 bridgehead atoms. The summed E-state index contributed by atoms with van der Waals surface area (Å²) >= 11 is 0. The molecule has 0 amide bonds. The van der Waals surface area contributed by atoms with E-state index in [2.05, 4.69) is 18.4 Å². The Morgan fingerprint density at radius 2 is 2.00 bits per heavy atom. The number of hydrogen-bond acceptors (Lipinski definition) is 4. The summed E-state index contributed by atoms with van der Waals surface area (Å²) in [4.78, 5) is 2.60. The monoisotopic (exact) mass is 357 g/mol. The van der Waals surface area contributed by atoms with Crippen molar-refractivity contribution < 1.29 is 14.6 Å². The van der Waals surface area contributed by atoms with Gasteiger partial charge in [0.1, 0.15) is 12.5 Å². The van der Waals surface area contributed by atoms with Crippen molar-refractivity contribution in [1.29, 1.82) is 0 Å². The van der Waals surface area contributed by atoms with Crippen LogP contribution in [0.4, 0.5) is 0 Å². The Morgan fingerprint density at radius 3 is 2.88 bits per heavy atom. The quantitative estimate of drug-likeness (QED) is 0.677. The van der Waals surface area contributed by atoms with E-state index >= 15 is 0 Å². The van der Waals surface area contributed by atoms with E-state index in [9.17, 15) is 5.11 Å². The molecule has 4 aliphatic heterocycles. The van der Waals surface area contributed by atoms with Crippen LogP contribution in [0.1, 0.15) is 51.9 Å². The maximum atomic E-state index is 11.4. The highest BCUT2D eigenvalue weighted by Crippen LogP contribution is 2.79. The van der Waals surface area contributed by atoms with E-state index in [4.69, 9.17) is 9.47 Å². The van der Waals surface area contributed by atoms with Crippen LogP contribution < -0.4 is 0 Å². The van der Waals surface area contributed by atoms with Crippen LogP contribution in [-0.4, -0.2) is 47.8 Å². The molecule has 0 radical (unpaired) electrons. The van der Waals surface area contributed by atoms with Crippen LogP contribution in [0.2, 0.25) is 0 Å². The van der Waals surface area contributed by atoms with E-state index in [1.165, 1.54) is 32.1 Å². The van der Waals surface area contributed by atoms with Gasteiger partial charge in [-0.25, -0.2) is 4.90 Å². The Labute approximate surface area is 155 Å². The summed E-state index contributed by atoms with van der Waals surface area (Å²) < 4.78 is 13.2. The molecule has 4 nitrogen and oxygen atoms in total. The smallest absolute Gasteiger partial charge is 0.119 e. The lowest BCUT2D eigenvalue weighted by atomic mass is 9.32. The molecule has 10 atom stereocenters. The third kappa shape index (κ3) is 1.32. The van der Waals surface area contributed by atoms with Crippen molar-refractivity contribution in [2.24, 2.45) is 34.0 Å². The second kappa shape index (κ2) is 4.42. The summed E-state index contributed by atoms with van der Waals surface area (Å²) in [5.74, 6) is 1.84. The molecular weight excluding hydrogens is 326 g/mol. The zero-order chi connectivity index (χ0) is 17.5. The van der Waals surface area contributed by atoms with E-state index in [-0.39, 0.29) is 40.9 Å². The zero-order valence-corrected chi connectivity index (χ0v) is 15.8. The molecule has 0 aromatic carbocycles. The fourth-order valence-electron chi connectivity index (χ4n) is 9.72. The van der Waals surface area contributed by atoms with E-state index in [1.807, 2.05) is 0 Å². The minimum absolute atomic E-state index is 0.0511. The van der Waals surface area contributed by atoms with Crippen molar-refractivity contribution in [1.82, 2.24) is 4.90 Å². The Bertz CT molecular complexity index is 710. The molecule has 2 spiro atoms. The second-order valence-electron chi connectivity index (χ2n) is 10.8. The van der Waals surface area contributed by atoms with Crippen molar-refractivity contribution in [3.63, 3.8) is 0 Å². The number of rotatable bonds is 0. The average molecular weight is 357 g/mol. The minimum Gasteiger partial charge on any atom is -0.388 e. The molecule has 5 aliphatic carbocycles. The van der Waals surface area contributed by atoms with E-state index in [0.29, 0.717) is 17.8 Å². The van der Waals surface area contributed by atoms with Crippen LogP contribution >= 0.6 is 0 Å². The van der Waals surface area contributed by atoms with Gasteiger partial charge in [0.05, 0.1) is 18.8 Å². The summed E-state index contributed by atoms with van der Waals surface area (Å²) in [6.45, 7) is 8.71. The van der Waals surface area contributed by atoms with Gasteiger partial charge < -0.3 is 14.6 Å². The van der Waals surface area contributed by atoms with Crippen LogP contribution in [0.15, 0.2) is 12.2 Å². The molecule has 5 saturated carbocycles. The number of hydrogen-bond donors (Lipinski definition) is 1. The molecule has 26 heavy (non-hydrogen) atoms. The van der Waals surface area contributed by atoms with Crippen molar-refractivity contribution in [2.45, 2.75) is 76.5 Å². The summed E-state index contributed by atoms with van der Waals surface area (Å²) in [5.41, 5.74) is 1.55. The molecule has 9 rings (SSSR count). The minimum atomic E-state index is -0.345. The van der Waals surface area contributed by atoms with Gasteiger partial charge in [0.15, 0.2) is 0 Å². The molecule has 9 fully saturated rings. The van der Waals surface area contributed by atoms with Gasteiger partial charge in [-0.3, -0.25) is 0 Å². The third-order valence-electron chi connectivity index (χ3n) is 10.5. The largest absolute Gasteiger partial charge is 0.388 e. The van der Waals surface area contributed by atoms with Gasteiger partial charge in [-0.1, -0.05) is 19.9 Å². The molecule has 1 N–H and O–H groups in total. The molecule has 0 unspecified atom stereocenters. The fourth-order valence-corrected chi connectivity index (χ4v) is 9.72. The first-order valence-electron chi connectivity index (χ1n) is 10.9. The lowest BCUT2D eigenvalue weighted by Gasteiger charge is -2.80. The number of nitrogens with zero attached hydrogens (tertiary/aromatic N) is 1. The Morgan fingerprint density at radius 1 is 1.12 bits per heavy atom. The van der Waals surface area contributed by atoms with Crippen molar-refractivity contribution >= 4 is 0 Å². The maximum Gasteiger partial charge on any atom is 0.119 e. The Hall–Kier alpha value is -0.420. The highest BCUT2D eigenvalue weighted by Gasteiger charge is 2.80. The van der Waals surface area contributed by atoms with Crippen LogP contribution in [0.5, 0.6) is 0 Å². The molecule has 4 heteroatoms. The van der Waals surface area contributed by atoms with Gasteiger partial charge in [-0.15, -0.1) is 0 Å². The number of aliphatic hydroxyl groups is 1. The standard InChI is InChI=1S/C22H31NO3/c1-12-13-4-7-22(17(12)24)15(10-13)21-6-3-5-20(2)14(21)11-16(22)26-19(21)23-8-9-25-18(20)23/h13-19,24H,1,3-11H2,2H3/t13-,14+,15-,16+,17-,18-,19+,20+,21-,22+/m0/s1. The van der Waals surface area contributed by atoms with Crippen LogP contribution in [0, 0.1) is 34.0 Å². The van der Waals surface area contributed by atoms with Crippen LogP contribution in [0.25, 0.3) is 0 Å². The van der Waals surface area contributed by atoms with Gasteiger partial charge in [0.2, 0.25) is 0 Å². The topological polar surface area (TPSA) is 41.9 Å². The molecule has 4 saturated heterocycles. The number of fused-ring (bicyclic) bond motifs is 4. The zero-order valence-electron chi connectivity index (χ0n) is 15.8. The molecular formula is C22H31NO3. The molecule has 0 aromatic heterocycles. The number of aliphatic hydroxyl groups excluding tert-OH is 1. The first-order chi connectivity index (χ1) is 12.5. The summed E-state index contributed by atoms with van der Waals surface area (Å²) in [7, 11) is 0. The summed E-state index contributed by atoms with van der Waals surface area (Å²) in [5, 5.41) is 11.4. The van der Waals surface area contributed by atoms with Crippen molar-refractivity contribution in [2.75, 3.05) is 13.2 Å². The highest BCUT2D eigenvalue weighted by molar-refractivity contribution is 5.32. The number of ether oxygens (including phenoxy) is 2. The first-order valence-corrected chi connectivity index (χ1v) is 10.9. The summed E-state index contributed by atoms with van der Waals surface area (Å²) in [6.07, 6.45) is 8.94. The average Bonchev–Trinajstić information content (AvgIpc) is 3.14. The van der Waals surface area contributed by atoms with E-state index in [0.717, 1.165) is 31.6 Å². The predicted octanol–water partition coefficient (Wildman–Crippen LogP) is 2.91. The Balaban J connectivity index is 1.45. The van der Waals surface area contributed by atoms with Gasteiger partial charge in [-0.2, -0.15) is 0 Å². The van der Waals surface area contributed by atoms with Gasteiger partial charge in [0.25, 0.3) is 0 Å². The van der Waals surface area contributed by atoms with Gasteiger partial charge >= 0.3 is 0 Å². The highest BCUT2D eigenvalue weighted by atomic mass is 16.6. The van der Waals surface area contributed by atoms with E-state index < -0.39 is 0 Å².